The third-order valence-corrected chi connectivity index (χ3v) is 5.81. The minimum Gasteiger partial charge on any atom is -0.338 e. The first-order chi connectivity index (χ1) is 9.81. The van der Waals surface area contributed by atoms with Gasteiger partial charge in [-0.05, 0) is 25.8 Å². The molecule has 0 atom stereocenters. The summed E-state index contributed by atoms with van der Waals surface area (Å²) in [4.78, 5) is 15.4. The lowest BCUT2D eigenvalue weighted by atomic mass is 10.2. The van der Waals surface area contributed by atoms with E-state index in [4.69, 9.17) is 10.7 Å². The first-order valence-corrected chi connectivity index (χ1v) is 10.3. The number of thiophene rings is 1. The van der Waals surface area contributed by atoms with Crippen LogP contribution in [0.3, 0.4) is 0 Å². The van der Waals surface area contributed by atoms with Crippen LogP contribution in [0.15, 0.2) is 11.0 Å². The Kier molecular flexibility index (Phi) is 7.16. The van der Waals surface area contributed by atoms with Crippen LogP contribution in [0.5, 0.6) is 0 Å². The van der Waals surface area contributed by atoms with Crippen molar-refractivity contribution in [1.29, 1.82) is 0 Å². The molecule has 0 aliphatic carbocycles. The highest BCUT2D eigenvalue weighted by Gasteiger charge is 2.23. The normalized spacial score (nSPS) is 11.6. The number of amides is 1. The van der Waals surface area contributed by atoms with Crippen molar-refractivity contribution in [3.8, 4) is 0 Å². The topological polar surface area (TPSA) is 54.5 Å². The third-order valence-electron chi connectivity index (χ3n) is 3.20. The smallest absolute Gasteiger partial charge is 0.263 e. The van der Waals surface area contributed by atoms with E-state index in [1.165, 1.54) is 17.4 Å². The highest BCUT2D eigenvalue weighted by atomic mass is 35.7. The largest absolute Gasteiger partial charge is 0.338 e. The highest BCUT2D eigenvalue weighted by molar-refractivity contribution is 8.13. The van der Waals surface area contributed by atoms with Gasteiger partial charge in [0.25, 0.3) is 15.0 Å². The summed E-state index contributed by atoms with van der Waals surface area (Å²) >= 11 is 1.19. The average Bonchev–Trinajstić information content (AvgIpc) is 2.80. The molecule has 0 saturated heterocycles. The van der Waals surface area contributed by atoms with Crippen LogP contribution in [0, 0.1) is 6.92 Å². The number of halogens is 1. The standard InChI is InChI=1S/C14H22ClNO3S2/c1-4-6-8-16(9-7-5-2)14(17)12-10-13(11(3)20-12)21(15,18)19/h10H,4-9H2,1-3H3. The summed E-state index contributed by atoms with van der Waals surface area (Å²) in [5, 5.41) is 0. The fraction of sp³-hybridized carbons (Fsp3) is 0.643. The van der Waals surface area contributed by atoms with Crippen LogP contribution in [-0.2, 0) is 9.05 Å². The number of carbonyl (C=O) groups is 1. The second-order valence-corrected chi connectivity index (χ2v) is 8.76. The van der Waals surface area contributed by atoms with Crippen LogP contribution in [0.2, 0.25) is 0 Å². The van der Waals surface area contributed by atoms with Gasteiger partial charge in [-0.1, -0.05) is 26.7 Å². The predicted molar refractivity (Wildman–Crippen MR) is 87.8 cm³/mol. The van der Waals surface area contributed by atoms with E-state index in [0.717, 1.165) is 25.7 Å². The minimum absolute atomic E-state index is 0.0449. The quantitative estimate of drug-likeness (QED) is 0.664. The molecule has 0 unspecified atom stereocenters. The van der Waals surface area contributed by atoms with Crippen molar-refractivity contribution in [2.75, 3.05) is 13.1 Å². The van der Waals surface area contributed by atoms with Crippen LogP contribution >= 0.6 is 22.0 Å². The Morgan fingerprint density at radius 2 is 1.76 bits per heavy atom. The molecule has 0 bridgehead atoms. The van der Waals surface area contributed by atoms with E-state index in [2.05, 4.69) is 13.8 Å². The zero-order chi connectivity index (χ0) is 16.0. The summed E-state index contributed by atoms with van der Waals surface area (Å²) in [6, 6.07) is 1.40. The van der Waals surface area contributed by atoms with Crippen LogP contribution < -0.4 is 0 Å². The number of rotatable bonds is 8. The van der Waals surface area contributed by atoms with Crippen molar-refractivity contribution in [2.24, 2.45) is 0 Å². The SMILES string of the molecule is CCCCN(CCCC)C(=O)c1cc(S(=O)(=O)Cl)c(C)s1. The second kappa shape index (κ2) is 8.15. The van der Waals surface area contributed by atoms with Gasteiger partial charge in [0.15, 0.2) is 0 Å². The monoisotopic (exact) mass is 351 g/mol. The van der Waals surface area contributed by atoms with Gasteiger partial charge in [-0.3, -0.25) is 4.79 Å². The lowest BCUT2D eigenvalue weighted by Gasteiger charge is -2.21. The third kappa shape index (κ3) is 5.27. The molecule has 7 heteroatoms. The molecule has 1 aromatic rings. The van der Waals surface area contributed by atoms with Gasteiger partial charge in [0.1, 0.15) is 0 Å². The lowest BCUT2D eigenvalue weighted by molar-refractivity contribution is 0.0756. The Bertz CT molecular complexity index is 573. The van der Waals surface area contributed by atoms with Crippen LogP contribution in [-0.4, -0.2) is 32.3 Å². The Morgan fingerprint density at radius 1 is 1.24 bits per heavy atom. The summed E-state index contributed by atoms with van der Waals surface area (Å²) < 4.78 is 22.9. The molecule has 0 aromatic carbocycles. The van der Waals surface area contributed by atoms with Crippen LogP contribution in [0.25, 0.3) is 0 Å². The van der Waals surface area contributed by atoms with E-state index >= 15 is 0 Å². The molecule has 1 rings (SSSR count). The van der Waals surface area contributed by atoms with E-state index in [1.54, 1.807) is 6.92 Å². The summed E-state index contributed by atoms with van der Waals surface area (Å²) in [7, 11) is 1.59. The summed E-state index contributed by atoms with van der Waals surface area (Å²) in [6.45, 7) is 7.23. The van der Waals surface area contributed by atoms with E-state index in [9.17, 15) is 13.2 Å². The molecule has 21 heavy (non-hydrogen) atoms. The first-order valence-electron chi connectivity index (χ1n) is 7.15. The number of hydrogen-bond acceptors (Lipinski definition) is 4. The summed E-state index contributed by atoms with van der Waals surface area (Å²) in [5.74, 6) is -0.100. The molecule has 4 nitrogen and oxygen atoms in total. The molecule has 1 amide bonds. The number of unbranched alkanes of at least 4 members (excludes halogenated alkanes) is 2. The van der Waals surface area contributed by atoms with Gasteiger partial charge in [0.05, 0.1) is 9.77 Å². The molecule has 0 fully saturated rings. The number of nitrogens with zero attached hydrogens (tertiary/aromatic N) is 1. The van der Waals surface area contributed by atoms with Crippen molar-refractivity contribution in [1.82, 2.24) is 4.90 Å². The van der Waals surface area contributed by atoms with Gasteiger partial charge in [0.2, 0.25) is 0 Å². The molecule has 0 saturated carbocycles. The lowest BCUT2D eigenvalue weighted by Crippen LogP contribution is -2.32. The molecule has 0 aliphatic heterocycles. The first kappa shape index (κ1) is 18.5. The van der Waals surface area contributed by atoms with Gasteiger partial charge in [0, 0.05) is 28.6 Å². The predicted octanol–water partition coefficient (Wildman–Crippen LogP) is 4.03. The zero-order valence-electron chi connectivity index (χ0n) is 12.7. The molecular weight excluding hydrogens is 330 g/mol. The van der Waals surface area contributed by atoms with Gasteiger partial charge >= 0.3 is 0 Å². The van der Waals surface area contributed by atoms with Crippen LogP contribution in [0.1, 0.15) is 54.1 Å². The Morgan fingerprint density at radius 3 is 2.14 bits per heavy atom. The highest BCUT2D eigenvalue weighted by Crippen LogP contribution is 2.29. The minimum atomic E-state index is -3.79. The maximum absolute atomic E-state index is 12.5. The summed E-state index contributed by atoms with van der Waals surface area (Å²) in [6.07, 6.45) is 3.92. The maximum Gasteiger partial charge on any atom is 0.263 e. The van der Waals surface area contributed by atoms with Crippen molar-refractivity contribution in [2.45, 2.75) is 51.3 Å². The molecule has 0 N–H and O–H groups in total. The molecule has 0 radical (unpaired) electrons. The fourth-order valence-corrected chi connectivity index (χ4v) is 4.61. The van der Waals surface area contributed by atoms with Gasteiger partial charge in [-0.25, -0.2) is 8.42 Å². The van der Waals surface area contributed by atoms with Crippen molar-refractivity contribution in [3.63, 3.8) is 0 Å². The second-order valence-electron chi connectivity index (χ2n) is 4.97. The number of hydrogen-bond donors (Lipinski definition) is 0. The molecular formula is C14H22ClNO3S2. The molecule has 0 spiro atoms. The Balaban J connectivity index is 2.98. The van der Waals surface area contributed by atoms with E-state index in [0.29, 0.717) is 22.8 Å². The van der Waals surface area contributed by atoms with Gasteiger partial charge in [-0.15, -0.1) is 11.3 Å². The van der Waals surface area contributed by atoms with Crippen molar-refractivity contribution in [3.05, 3.63) is 15.8 Å². The van der Waals surface area contributed by atoms with Crippen molar-refractivity contribution < 1.29 is 13.2 Å². The number of carbonyl (C=O) groups excluding carboxylic acids is 1. The van der Waals surface area contributed by atoms with Crippen LogP contribution in [0.4, 0.5) is 0 Å². The average molecular weight is 352 g/mol. The van der Waals surface area contributed by atoms with E-state index < -0.39 is 9.05 Å². The fourth-order valence-electron chi connectivity index (χ4n) is 1.98. The molecule has 1 heterocycles. The molecule has 120 valence electrons. The maximum atomic E-state index is 12.5. The van der Waals surface area contributed by atoms with E-state index in [1.807, 2.05) is 4.90 Å². The Hall–Kier alpha value is -0.590. The van der Waals surface area contributed by atoms with Gasteiger partial charge < -0.3 is 4.90 Å². The number of aryl methyl sites for hydroxylation is 1. The Labute approximate surface area is 135 Å². The van der Waals surface area contributed by atoms with Gasteiger partial charge in [-0.2, -0.15) is 0 Å². The molecule has 0 aliphatic rings. The summed E-state index contributed by atoms with van der Waals surface area (Å²) in [5.41, 5.74) is 0. The molecule has 1 aromatic heterocycles. The zero-order valence-corrected chi connectivity index (χ0v) is 15.1. The van der Waals surface area contributed by atoms with E-state index in [-0.39, 0.29) is 10.8 Å². The van der Waals surface area contributed by atoms with Crippen molar-refractivity contribution >= 4 is 37.0 Å².